The molecule has 0 aliphatic carbocycles. The Balaban J connectivity index is 1.79. The van der Waals surface area contributed by atoms with Gasteiger partial charge >= 0.3 is 6.09 Å². The molecular weight excluding hydrogens is 382 g/mol. The molecule has 8 heteroatoms. The molecule has 0 aliphatic heterocycles. The van der Waals surface area contributed by atoms with Gasteiger partial charge in [-0.2, -0.15) is 0 Å². The molecule has 0 unspecified atom stereocenters. The molecule has 30 heavy (non-hydrogen) atoms. The van der Waals surface area contributed by atoms with Gasteiger partial charge in [-0.1, -0.05) is 6.07 Å². The standard InChI is InChI=1S/C22H33N5O3/c1-22(2,3)30-21(28)27(17-18-8-5-11-24-16-18)14-7-12-25-20(23-4)26-13-10-19-9-6-15-29-19/h5-6,8-9,11,15-16H,7,10,12-14,17H2,1-4H3,(H2,23,25,26). The number of aliphatic imine (C=N–C) groups is 1. The van der Waals surface area contributed by atoms with E-state index in [-0.39, 0.29) is 6.09 Å². The molecule has 8 nitrogen and oxygen atoms in total. The minimum absolute atomic E-state index is 0.327. The van der Waals surface area contributed by atoms with Crippen LogP contribution in [0.15, 0.2) is 52.3 Å². The Morgan fingerprint density at radius 3 is 2.67 bits per heavy atom. The third-order valence-corrected chi connectivity index (χ3v) is 4.11. The molecule has 2 rings (SSSR count). The molecule has 0 spiro atoms. The van der Waals surface area contributed by atoms with Crippen molar-refractivity contribution < 1.29 is 13.9 Å². The molecule has 0 atom stereocenters. The van der Waals surface area contributed by atoms with Gasteiger partial charge in [-0.05, 0) is 51.0 Å². The van der Waals surface area contributed by atoms with Crippen LogP contribution in [0.2, 0.25) is 0 Å². The first-order valence-electron chi connectivity index (χ1n) is 10.2. The van der Waals surface area contributed by atoms with Gasteiger partial charge in [0.1, 0.15) is 11.4 Å². The van der Waals surface area contributed by atoms with Crippen LogP contribution < -0.4 is 10.6 Å². The summed E-state index contributed by atoms with van der Waals surface area (Å²) in [6, 6.07) is 7.64. The third-order valence-electron chi connectivity index (χ3n) is 4.11. The molecule has 0 saturated heterocycles. The number of nitrogens with one attached hydrogen (secondary N) is 2. The lowest BCUT2D eigenvalue weighted by molar-refractivity contribution is 0.0232. The first-order chi connectivity index (χ1) is 14.4. The predicted octanol–water partition coefficient (Wildman–Crippen LogP) is 3.21. The number of carbonyl (C=O) groups is 1. The highest BCUT2D eigenvalue weighted by Gasteiger charge is 2.22. The number of aromatic nitrogens is 1. The van der Waals surface area contributed by atoms with E-state index in [0.717, 1.165) is 36.7 Å². The van der Waals surface area contributed by atoms with Crippen molar-refractivity contribution in [3.8, 4) is 0 Å². The summed E-state index contributed by atoms with van der Waals surface area (Å²) in [5.41, 5.74) is 0.425. The minimum atomic E-state index is -0.539. The van der Waals surface area contributed by atoms with E-state index >= 15 is 0 Å². The molecular formula is C22H33N5O3. The number of carbonyl (C=O) groups excluding carboxylic acids is 1. The molecule has 2 heterocycles. The lowest BCUT2D eigenvalue weighted by atomic mass is 10.2. The summed E-state index contributed by atoms with van der Waals surface area (Å²) in [5, 5.41) is 6.53. The van der Waals surface area contributed by atoms with Crippen molar-refractivity contribution >= 4 is 12.1 Å². The highest BCUT2D eigenvalue weighted by Crippen LogP contribution is 2.12. The van der Waals surface area contributed by atoms with E-state index in [0.29, 0.717) is 19.6 Å². The van der Waals surface area contributed by atoms with Crippen LogP contribution in [0.3, 0.4) is 0 Å². The fraction of sp³-hybridized carbons (Fsp3) is 0.500. The molecule has 0 bridgehead atoms. The molecule has 0 aliphatic rings. The Morgan fingerprint density at radius 1 is 1.23 bits per heavy atom. The Labute approximate surface area is 178 Å². The van der Waals surface area contributed by atoms with Crippen LogP contribution in [-0.2, 0) is 17.7 Å². The molecule has 0 aromatic carbocycles. The largest absolute Gasteiger partial charge is 0.469 e. The van der Waals surface area contributed by atoms with Crippen molar-refractivity contribution in [2.24, 2.45) is 4.99 Å². The lowest BCUT2D eigenvalue weighted by Gasteiger charge is -2.27. The van der Waals surface area contributed by atoms with Crippen molar-refractivity contribution in [3.63, 3.8) is 0 Å². The zero-order valence-corrected chi connectivity index (χ0v) is 18.4. The molecule has 0 fully saturated rings. The van der Waals surface area contributed by atoms with Gasteiger partial charge in [0.2, 0.25) is 0 Å². The number of guanidine groups is 1. The maximum Gasteiger partial charge on any atom is 0.410 e. The van der Waals surface area contributed by atoms with Crippen LogP contribution in [-0.4, -0.2) is 54.2 Å². The number of amides is 1. The second kappa shape index (κ2) is 11.8. The lowest BCUT2D eigenvalue weighted by Crippen LogP contribution is -2.41. The van der Waals surface area contributed by atoms with Gasteiger partial charge in [0, 0.05) is 45.5 Å². The smallest absolute Gasteiger partial charge is 0.410 e. The first-order valence-corrected chi connectivity index (χ1v) is 10.2. The van der Waals surface area contributed by atoms with Crippen LogP contribution in [0.25, 0.3) is 0 Å². The summed E-state index contributed by atoms with van der Waals surface area (Å²) < 4.78 is 10.9. The number of hydrogen-bond acceptors (Lipinski definition) is 5. The molecule has 1 amide bonds. The summed E-state index contributed by atoms with van der Waals surface area (Å²) in [6.07, 6.45) is 6.36. The molecule has 164 valence electrons. The van der Waals surface area contributed by atoms with Gasteiger partial charge in [-0.15, -0.1) is 0 Å². The zero-order valence-electron chi connectivity index (χ0n) is 18.4. The predicted molar refractivity (Wildman–Crippen MR) is 117 cm³/mol. The molecule has 2 aromatic rings. The van der Waals surface area contributed by atoms with Gasteiger partial charge < -0.3 is 24.7 Å². The Kier molecular flexibility index (Phi) is 9.18. The van der Waals surface area contributed by atoms with Crippen molar-refractivity contribution in [1.29, 1.82) is 0 Å². The Bertz CT molecular complexity index is 770. The van der Waals surface area contributed by atoms with E-state index in [4.69, 9.17) is 9.15 Å². The van der Waals surface area contributed by atoms with Crippen molar-refractivity contribution in [2.45, 2.75) is 45.8 Å². The van der Waals surface area contributed by atoms with E-state index in [9.17, 15) is 4.79 Å². The Morgan fingerprint density at radius 2 is 2.03 bits per heavy atom. The first kappa shape index (κ1) is 23.3. The maximum absolute atomic E-state index is 12.6. The van der Waals surface area contributed by atoms with Gasteiger partial charge in [0.25, 0.3) is 0 Å². The number of rotatable bonds is 9. The summed E-state index contributed by atoms with van der Waals surface area (Å²) in [4.78, 5) is 22.7. The maximum atomic E-state index is 12.6. The molecule has 0 saturated carbocycles. The van der Waals surface area contributed by atoms with E-state index < -0.39 is 5.60 Å². The monoisotopic (exact) mass is 415 g/mol. The van der Waals surface area contributed by atoms with Crippen LogP contribution in [0.1, 0.15) is 38.5 Å². The summed E-state index contributed by atoms with van der Waals surface area (Å²) in [7, 11) is 1.73. The number of ether oxygens (including phenoxy) is 1. The SMILES string of the molecule is CN=C(NCCCN(Cc1cccnc1)C(=O)OC(C)(C)C)NCCc1ccco1. The van der Waals surface area contributed by atoms with Crippen LogP contribution in [0.5, 0.6) is 0 Å². The fourth-order valence-corrected chi connectivity index (χ4v) is 2.73. The van der Waals surface area contributed by atoms with Gasteiger partial charge in [-0.3, -0.25) is 9.98 Å². The van der Waals surface area contributed by atoms with Gasteiger partial charge in [0.15, 0.2) is 5.96 Å². The molecule has 2 aromatic heterocycles. The number of furan rings is 1. The topological polar surface area (TPSA) is 92.0 Å². The number of pyridine rings is 1. The van der Waals surface area contributed by atoms with E-state index in [1.165, 1.54) is 0 Å². The van der Waals surface area contributed by atoms with Crippen LogP contribution >= 0.6 is 0 Å². The molecule has 0 radical (unpaired) electrons. The average molecular weight is 416 g/mol. The van der Waals surface area contributed by atoms with Gasteiger partial charge in [-0.25, -0.2) is 4.79 Å². The average Bonchev–Trinajstić information content (AvgIpc) is 3.21. The van der Waals surface area contributed by atoms with Crippen molar-refractivity contribution in [3.05, 3.63) is 54.2 Å². The molecule has 2 N–H and O–H groups in total. The summed E-state index contributed by atoms with van der Waals surface area (Å²) in [6.45, 7) is 8.01. The van der Waals surface area contributed by atoms with Crippen LogP contribution in [0, 0.1) is 0 Å². The number of nitrogens with zero attached hydrogens (tertiary/aromatic N) is 3. The number of hydrogen-bond donors (Lipinski definition) is 2. The van der Waals surface area contributed by atoms with E-state index in [1.54, 1.807) is 30.6 Å². The highest BCUT2D eigenvalue weighted by molar-refractivity contribution is 5.79. The highest BCUT2D eigenvalue weighted by atomic mass is 16.6. The zero-order chi connectivity index (χ0) is 21.8. The second-order valence-corrected chi connectivity index (χ2v) is 7.87. The second-order valence-electron chi connectivity index (χ2n) is 7.87. The fourth-order valence-electron chi connectivity index (χ4n) is 2.73. The van der Waals surface area contributed by atoms with Crippen molar-refractivity contribution in [2.75, 3.05) is 26.7 Å². The van der Waals surface area contributed by atoms with E-state index in [1.807, 2.05) is 45.0 Å². The van der Waals surface area contributed by atoms with E-state index in [2.05, 4.69) is 20.6 Å². The quantitative estimate of drug-likeness (QED) is 0.371. The summed E-state index contributed by atoms with van der Waals surface area (Å²) in [5.74, 6) is 1.65. The van der Waals surface area contributed by atoms with Crippen molar-refractivity contribution in [1.82, 2.24) is 20.5 Å². The summed E-state index contributed by atoms with van der Waals surface area (Å²) >= 11 is 0. The normalized spacial score (nSPS) is 11.8. The minimum Gasteiger partial charge on any atom is -0.469 e. The van der Waals surface area contributed by atoms with Gasteiger partial charge in [0.05, 0.1) is 12.8 Å². The Hall–Kier alpha value is -3.03. The van der Waals surface area contributed by atoms with Crippen LogP contribution in [0.4, 0.5) is 4.79 Å². The third kappa shape index (κ3) is 8.98.